The predicted molar refractivity (Wildman–Crippen MR) is 111 cm³/mol. The molecule has 4 rings (SSSR count). The minimum atomic E-state index is -0.00768. The minimum absolute atomic E-state index is 0.00768. The van der Waals surface area contributed by atoms with Gasteiger partial charge in [0.25, 0.3) is 5.91 Å². The number of imidazole rings is 1. The summed E-state index contributed by atoms with van der Waals surface area (Å²) >= 11 is 0. The van der Waals surface area contributed by atoms with Crippen molar-refractivity contribution in [3.05, 3.63) is 59.5 Å². The number of benzene rings is 1. The van der Waals surface area contributed by atoms with Gasteiger partial charge in [0.2, 0.25) is 0 Å². The van der Waals surface area contributed by atoms with E-state index in [0.717, 1.165) is 48.0 Å². The van der Waals surface area contributed by atoms with Crippen LogP contribution in [0.5, 0.6) is 11.5 Å². The smallest absolute Gasteiger partial charge is 0.274 e. The van der Waals surface area contributed by atoms with Crippen molar-refractivity contribution < 1.29 is 14.3 Å². The van der Waals surface area contributed by atoms with Crippen LogP contribution in [0.3, 0.4) is 0 Å². The third-order valence-electron chi connectivity index (χ3n) is 5.46. The number of hydrogen-bond donors (Lipinski definition) is 0. The lowest BCUT2D eigenvalue weighted by Crippen LogP contribution is -2.48. The first-order valence-electron chi connectivity index (χ1n) is 9.76. The van der Waals surface area contributed by atoms with E-state index in [2.05, 4.69) is 9.88 Å². The van der Waals surface area contributed by atoms with Gasteiger partial charge in [0.1, 0.15) is 22.8 Å². The van der Waals surface area contributed by atoms with Crippen LogP contribution in [0.4, 0.5) is 0 Å². The highest BCUT2D eigenvalue weighted by Gasteiger charge is 2.24. The molecule has 1 aromatic carbocycles. The van der Waals surface area contributed by atoms with E-state index in [9.17, 15) is 4.79 Å². The summed E-state index contributed by atoms with van der Waals surface area (Å²) in [5.74, 6) is 1.66. The van der Waals surface area contributed by atoms with Crippen LogP contribution in [0.2, 0.25) is 0 Å². The van der Waals surface area contributed by atoms with Gasteiger partial charge >= 0.3 is 0 Å². The van der Waals surface area contributed by atoms with Gasteiger partial charge in [-0.2, -0.15) is 0 Å². The van der Waals surface area contributed by atoms with Crippen molar-refractivity contribution in [2.24, 2.45) is 0 Å². The van der Waals surface area contributed by atoms with E-state index >= 15 is 0 Å². The second kappa shape index (κ2) is 8.13. The molecule has 0 saturated carbocycles. The summed E-state index contributed by atoms with van der Waals surface area (Å²) in [6.45, 7) is 5.73. The average Bonchev–Trinajstić information content (AvgIpc) is 3.19. The monoisotopic (exact) mass is 394 g/mol. The number of fused-ring (bicyclic) bond motifs is 1. The number of carbonyl (C=O) groups is 1. The van der Waals surface area contributed by atoms with E-state index < -0.39 is 0 Å². The molecule has 29 heavy (non-hydrogen) atoms. The van der Waals surface area contributed by atoms with Gasteiger partial charge in [0.05, 0.1) is 14.2 Å². The van der Waals surface area contributed by atoms with Gasteiger partial charge in [-0.3, -0.25) is 9.69 Å². The van der Waals surface area contributed by atoms with Crippen molar-refractivity contribution in [1.82, 2.24) is 19.2 Å². The van der Waals surface area contributed by atoms with Crippen LogP contribution in [0.25, 0.3) is 5.65 Å². The third kappa shape index (κ3) is 3.91. The van der Waals surface area contributed by atoms with Gasteiger partial charge in [-0.1, -0.05) is 6.07 Å². The summed E-state index contributed by atoms with van der Waals surface area (Å²) in [5, 5.41) is 0. The number of ether oxygens (including phenoxy) is 2. The lowest BCUT2D eigenvalue weighted by Gasteiger charge is -2.34. The number of nitrogens with zero attached hydrogens (tertiary/aromatic N) is 4. The Hall–Kier alpha value is -3.06. The second-order valence-corrected chi connectivity index (χ2v) is 7.27. The lowest BCUT2D eigenvalue weighted by molar-refractivity contribution is 0.0622. The number of aryl methyl sites for hydroxylation is 1. The molecule has 0 bridgehead atoms. The topological polar surface area (TPSA) is 59.3 Å². The normalized spacial score (nSPS) is 14.9. The summed E-state index contributed by atoms with van der Waals surface area (Å²) in [6.07, 6.45) is 1.83. The van der Waals surface area contributed by atoms with Crippen molar-refractivity contribution in [1.29, 1.82) is 0 Å². The summed E-state index contributed by atoms with van der Waals surface area (Å²) in [7, 11) is 3.34. The summed E-state index contributed by atoms with van der Waals surface area (Å²) in [5.41, 5.74) is 3.45. The maximum atomic E-state index is 12.9. The van der Waals surface area contributed by atoms with Crippen LogP contribution in [-0.4, -0.2) is 65.5 Å². The van der Waals surface area contributed by atoms with E-state index in [1.165, 1.54) is 0 Å². The van der Waals surface area contributed by atoms with Crippen LogP contribution >= 0.6 is 0 Å². The van der Waals surface area contributed by atoms with Gasteiger partial charge < -0.3 is 18.8 Å². The molecule has 152 valence electrons. The molecule has 7 nitrogen and oxygen atoms in total. The summed E-state index contributed by atoms with van der Waals surface area (Å²) in [4.78, 5) is 21.6. The van der Waals surface area contributed by atoms with Crippen LogP contribution in [0.1, 0.15) is 21.7 Å². The number of pyridine rings is 1. The molecule has 3 aromatic rings. The number of carbonyl (C=O) groups excluding carboxylic acids is 1. The zero-order valence-corrected chi connectivity index (χ0v) is 17.1. The first-order chi connectivity index (χ1) is 14.1. The third-order valence-corrected chi connectivity index (χ3v) is 5.46. The number of aromatic nitrogens is 2. The molecule has 0 unspecified atom stereocenters. The molecule has 1 amide bonds. The molecule has 2 aromatic heterocycles. The Morgan fingerprint density at radius 1 is 1.07 bits per heavy atom. The first-order valence-corrected chi connectivity index (χ1v) is 9.76. The van der Waals surface area contributed by atoms with E-state index in [1.807, 2.05) is 58.8 Å². The highest BCUT2D eigenvalue weighted by atomic mass is 16.5. The molecule has 0 atom stereocenters. The molecule has 1 aliphatic rings. The quantitative estimate of drug-likeness (QED) is 0.666. The van der Waals surface area contributed by atoms with Gasteiger partial charge in [0, 0.05) is 50.2 Å². The Morgan fingerprint density at radius 3 is 2.55 bits per heavy atom. The van der Waals surface area contributed by atoms with E-state index in [4.69, 9.17) is 9.47 Å². The molecule has 0 aliphatic carbocycles. The number of amides is 1. The number of rotatable bonds is 5. The number of hydrogen-bond acceptors (Lipinski definition) is 5. The maximum Gasteiger partial charge on any atom is 0.274 e. The SMILES string of the molecule is COc1ccc(OC)c(CN2CCN(C(=O)c3cn4c(C)cccc4n3)CC2)c1. The van der Waals surface area contributed by atoms with Gasteiger partial charge in [0.15, 0.2) is 0 Å². The lowest BCUT2D eigenvalue weighted by atomic mass is 10.1. The van der Waals surface area contributed by atoms with Crippen LogP contribution in [0, 0.1) is 6.92 Å². The Kier molecular flexibility index (Phi) is 5.40. The summed E-state index contributed by atoms with van der Waals surface area (Å²) < 4.78 is 12.8. The number of piperazine rings is 1. The molecule has 1 saturated heterocycles. The van der Waals surface area contributed by atoms with E-state index in [1.54, 1.807) is 14.2 Å². The zero-order chi connectivity index (χ0) is 20.4. The molecule has 1 aliphatic heterocycles. The molecular weight excluding hydrogens is 368 g/mol. The Balaban J connectivity index is 1.41. The Morgan fingerprint density at radius 2 is 1.86 bits per heavy atom. The minimum Gasteiger partial charge on any atom is -0.497 e. The molecule has 0 spiro atoms. The Bertz CT molecular complexity index is 1020. The van der Waals surface area contributed by atoms with Crippen LogP contribution < -0.4 is 9.47 Å². The van der Waals surface area contributed by atoms with Gasteiger partial charge in [-0.05, 0) is 37.3 Å². The highest BCUT2D eigenvalue weighted by molar-refractivity contribution is 5.93. The van der Waals surface area contributed by atoms with Crippen LogP contribution in [-0.2, 0) is 6.54 Å². The van der Waals surface area contributed by atoms with Crippen molar-refractivity contribution >= 4 is 11.6 Å². The largest absolute Gasteiger partial charge is 0.497 e. The van der Waals surface area contributed by atoms with Crippen molar-refractivity contribution in [3.8, 4) is 11.5 Å². The van der Waals surface area contributed by atoms with Crippen molar-refractivity contribution in [2.45, 2.75) is 13.5 Å². The first kappa shape index (κ1) is 19.3. The molecule has 1 fully saturated rings. The van der Waals surface area contributed by atoms with E-state index in [-0.39, 0.29) is 5.91 Å². The van der Waals surface area contributed by atoms with E-state index in [0.29, 0.717) is 18.8 Å². The highest BCUT2D eigenvalue weighted by Crippen LogP contribution is 2.25. The molecule has 7 heteroatoms. The number of methoxy groups -OCH3 is 2. The van der Waals surface area contributed by atoms with Gasteiger partial charge in [-0.15, -0.1) is 0 Å². The predicted octanol–water partition coefficient (Wildman–Crippen LogP) is 2.62. The van der Waals surface area contributed by atoms with Crippen molar-refractivity contribution in [2.75, 3.05) is 40.4 Å². The Labute approximate surface area is 170 Å². The molecular formula is C22H26N4O3. The summed E-state index contributed by atoms with van der Waals surface area (Å²) in [6, 6.07) is 11.7. The fourth-order valence-electron chi connectivity index (χ4n) is 3.77. The maximum absolute atomic E-state index is 12.9. The van der Waals surface area contributed by atoms with Gasteiger partial charge in [-0.25, -0.2) is 4.98 Å². The standard InChI is InChI=1S/C22H26N4O3/c1-16-5-4-6-21-23-19(15-26(16)21)22(27)25-11-9-24(10-12-25)14-17-13-18(28-2)7-8-20(17)29-3/h4-8,13,15H,9-12,14H2,1-3H3. The molecule has 3 heterocycles. The molecule has 0 N–H and O–H groups in total. The zero-order valence-electron chi connectivity index (χ0n) is 17.1. The fourth-order valence-corrected chi connectivity index (χ4v) is 3.77. The fraction of sp³-hybridized carbons (Fsp3) is 0.364. The van der Waals surface area contributed by atoms with Crippen molar-refractivity contribution in [3.63, 3.8) is 0 Å². The average molecular weight is 394 g/mol. The van der Waals surface area contributed by atoms with Crippen LogP contribution in [0.15, 0.2) is 42.6 Å². The molecule has 0 radical (unpaired) electrons. The second-order valence-electron chi connectivity index (χ2n) is 7.27.